The molecule has 0 amide bonds. The lowest BCUT2D eigenvalue weighted by Crippen LogP contribution is -2.22. The van der Waals surface area contributed by atoms with Gasteiger partial charge in [-0.15, -0.1) is 0 Å². The molecule has 0 aromatic rings. The van der Waals surface area contributed by atoms with Crippen molar-refractivity contribution in [1.82, 2.24) is 0 Å². The van der Waals surface area contributed by atoms with Gasteiger partial charge in [-0.1, -0.05) is 51.4 Å². The molecule has 0 aliphatic heterocycles. The molecule has 0 N–H and O–H groups in total. The van der Waals surface area contributed by atoms with Gasteiger partial charge < -0.3 is 0 Å². The first-order valence-corrected chi connectivity index (χ1v) is 8.29. The van der Waals surface area contributed by atoms with Gasteiger partial charge in [0.05, 0.1) is 0 Å². The van der Waals surface area contributed by atoms with Crippen LogP contribution in [0.25, 0.3) is 0 Å². The minimum Gasteiger partial charge on any atom is -0.0695 e. The summed E-state index contributed by atoms with van der Waals surface area (Å²) in [5.74, 6) is 1.12. The maximum Gasteiger partial charge on any atom is 0.0445 e. The number of rotatable bonds is 2. The standard InChI is InChI=1S/C9H20Si/c1-10(2,3)8-9-6-4-5-7-9/h9H,4-8H2,1-3H3. The highest BCUT2D eigenvalue weighted by Gasteiger charge is 2.22. The third-order valence-electron chi connectivity index (χ3n) is 2.38. The zero-order valence-corrected chi connectivity index (χ0v) is 8.61. The third-order valence-corrected chi connectivity index (χ3v) is 4.18. The summed E-state index contributed by atoms with van der Waals surface area (Å²) in [4.78, 5) is 0. The van der Waals surface area contributed by atoms with Gasteiger partial charge in [0.2, 0.25) is 0 Å². The third kappa shape index (κ3) is 2.87. The van der Waals surface area contributed by atoms with Crippen LogP contribution in [0.15, 0.2) is 0 Å². The van der Waals surface area contributed by atoms with Gasteiger partial charge in [-0.25, -0.2) is 0 Å². The molecule has 1 aliphatic carbocycles. The van der Waals surface area contributed by atoms with Gasteiger partial charge in [-0.05, 0) is 5.92 Å². The average molecular weight is 156 g/mol. The molecule has 1 fully saturated rings. The second-order valence-electron chi connectivity index (χ2n) is 4.92. The lowest BCUT2D eigenvalue weighted by atomic mass is 10.1. The van der Waals surface area contributed by atoms with Gasteiger partial charge in [0.1, 0.15) is 0 Å². The summed E-state index contributed by atoms with van der Waals surface area (Å²) in [5, 5.41) is 0. The maximum absolute atomic E-state index is 2.49. The molecule has 0 nitrogen and oxygen atoms in total. The molecule has 1 aliphatic rings. The molecule has 1 saturated carbocycles. The van der Waals surface area contributed by atoms with Crippen molar-refractivity contribution >= 4 is 8.07 Å². The van der Waals surface area contributed by atoms with E-state index in [4.69, 9.17) is 0 Å². The fraction of sp³-hybridized carbons (Fsp3) is 1.00. The van der Waals surface area contributed by atoms with Gasteiger partial charge in [-0.2, -0.15) is 0 Å². The van der Waals surface area contributed by atoms with Crippen LogP contribution in [-0.4, -0.2) is 8.07 Å². The Hall–Kier alpha value is 0.217. The van der Waals surface area contributed by atoms with Crippen molar-refractivity contribution in [2.75, 3.05) is 0 Å². The van der Waals surface area contributed by atoms with Crippen molar-refractivity contribution in [3.8, 4) is 0 Å². The second-order valence-corrected chi connectivity index (χ2v) is 10.4. The van der Waals surface area contributed by atoms with Crippen molar-refractivity contribution in [3.63, 3.8) is 0 Å². The van der Waals surface area contributed by atoms with Gasteiger partial charge in [-0.3, -0.25) is 0 Å². The molecule has 0 saturated heterocycles. The van der Waals surface area contributed by atoms with E-state index in [2.05, 4.69) is 19.6 Å². The maximum atomic E-state index is 2.49. The Morgan fingerprint density at radius 1 is 1.10 bits per heavy atom. The summed E-state index contributed by atoms with van der Waals surface area (Å²) >= 11 is 0. The van der Waals surface area contributed by atoms with Crippen LogP contribution in [0.2, 0.25) is 25.7 Å². The first kappa shape index (κ1) is 8.31. The predicted molar refractivity (Wildman–Crippen MR) is 50.1 cm³/mol. The van der Waals surface area contributed by atoms with Crippen molar-refractivity contribution in [2.24, 2.45) is 5.92 Å². The Bertz CT molecular complexity index is 95.8. The van der Waals surface area contributed by atoms with Crippen LogP contribution < -0.4 is 0 Å². The van der Waals surface area contributed by atoms with Gasteiger partial charge in [0, 0.05) is 8.07 Å². The van der Waals surface area contributed by atoms with Crippen LogP contribution in [0.3, 0.4) is 0 Å². The van der Waals surface area contributed by atoms with E-state index in [1.165, 1.54) is 25.7 Å². The highest BCUT2D eigenvalue weighted by Crippen LogP contribution is 2.31. The van der Waals surface area contributed by atoms with Gasteiger partial charge in [0.15, 0.2) is 0 Å². The highest BCUT2D eigenvalue weighted by atomic mass is 28.3. The lowest BCUT2D eigenvalue weighted by molar-refractivity contribution is 0.602. The van der Waals surface area contributed by atoms with Gasteiger partial charge in [0.25, 0.3) is 0 Å². The summed E-state index contributed by atoms with van der Waals surface area (Å²) < 4.78 is 0. The topological polar surface area (TPSA) is 0 Å². The minimum absolute atomic E-state index is 0.722. The van der Waals surface area contributed by atoms with Crippen molar-refractivity contribution in [2.45, 2.75) is 51.4 Å². The fourth-order valence-electron chi connectivity index (χ4n) is 2.08. The van der Waals surface area contributed by atoms with Crippen LogP contribution in [0.5, 0.6) is 0 Å². The molecule has 0 atom stereocenters. The van der Waals surface area contributed by atoms with E-state index in [0.717, 1.165) is 5.92 Å². The summed E-state index contributed by atoms with van der Waals surface area (Å²) in [6.07, 6.45) is 6.08. The largest absolute Gasteiger partial charge is 0.0695 e. The molecular formula is C9H20Si. The molecule has 10 heavy (non-hydrogen) atoms. The average Bonchev–Trinajstić information content (AvgIpc) is 2.12. The Balaban J connectivity index is 2.24. The zero-order valence-electron chi connectivity index (χ0n) is 7.61. The van der Waals surface area contributed by atoms with E-state index in [1.54, 1.807) is 6.04 Å². The molecular weight excluding hydrogens is 136 g/mol. The van der Waals surface area contributed by atoms with E-state index in [0.29, 0.717) is 0 Å². The van der Waals surface area contributed by atoms with Crippen molar-refractivity contribution < 1.29 is 0 Å². The zero-order chi connectivity index (χ0) is 7.61. The molecule has 60 valence electrons. The normalized spacial score (nSPS) is 21.9. The van der Waals surface area contributed by atoms with E-state index >= 15 is 0 Å². The molecule has 1 heteroatoms. The Kier molecular flexibility index (Phi) is 2.56. The SMILES string of the molecule is C[Si](C)(C)CC1CCCC1. The second kappa shape index (κ2) is 3.08. The molecule has 0 aromatic carbocycles. The van der Waals surface area contributed by atoms with Crippen LogP contribution in [0.4, 0.5) is 0 Å². The fourth-order valence-corrected chi connectivity index (χ4v) is 4.22. The van der Waals surface area contributed by atoms with Gasteiger partial charge >= 0.3 is 0 Å². The van der Waals surface area contributed by atoms with Crippen LogP contribution >= 0.6 is 0 Å². The quantitative estimate of drug-likeness (QED) is 0.537. The highest BCUT2D eigenvalue weighted by molar-refractivity contribution is 6.76. The lowest BCUT2D eigenvalue weighted by Gasteiger charge is -2.20. The molecule has 0 heterocycles. The molecule has 0 spiro atoms. The Morgan fingerprint density at radius 3 is 2.00 bits per heavy atom. The molecule has 0 bridgehead atoms. The van der Waals surface area contributed by atoms with Crippen LogP contribution in [0, 0.1) is 5.92 Å². The first-order chi connectivity index (χ1) is 4.58. The summed E-state index contributed by atoms with van der Waals surface area (Å²) in [6.45, 7) is 7.47. The van der Waals surface area contributed by atoms with Crippen LogP contribution in [-0.2, 0) is 0 Å². The van der Waals surface area contributed by atoms with E-state index in [9.17, 15) is 0 Å². The minimum atomic E-state index is -0.722. The summed E-state index contributed by atoms with van der Waals surface area (Å²) in [7, 11) is -0.722. The van der Waals surface area contributed by atoms with E-state index in [1.807, 2.05) is 0 Å². The molecule has 1 rings (SSSR count). The molecule has 0 aromatic heterocycles. The molecule has 0 unspecified atom stereocenters. The first-order valence-electron chi connectivity index (χ1n) is 4.58. The van der Waals surface area contributed by atoms with Crippen molar-refractivity contribution in [1.29, 1.82) is 0 Å². The summed E-state index contributed by atoms with van der Waals surface area (Å²) in [6, 6.07) is 1.58. The Morgan fingerprint density at radius 2 is 1.60 bits per heavy atom. The predicted octanol–water partition coefficient (Wildman–Crippen LogP) is 3.51. The molecule has 0 radical (unpaired) electrons. The monoisotopic (exact) mass is 156 g/mol. The smallest absolute Gasteiger partial charge is 0.0445 e. The number of hydrogen-bond acceptors (Lipinski definition) is 0. The summed E-state index contributed by atoms with van der Waals surface area (Å²) in [5.41, 5.74) is 0. The number of hydrogen-bond donors (Lipinski definition) is 0. The Labute approximate surface area is 66.0 Å². The van der Waals surface area contributed by atoms with Crippen LogP contribution in [0.1, 0.15) is 25.7 Å². The van der Waals surface area contributed by atoms with E-state index in [-0.39, 0.29) is 0 Å². The van der Waals surface area contributed by atoms with Crippen molar-refractivity contribution in [3.05, 3.63) is 0 Å². The van der Waals surface area contributed by atoms with E-state index < -0.39 is 8.07 Å².